The van der Waals surface area contributed by atoms with Crippen molar-refractivity contribution in [3.63, 3.8) is 0 Å². The number of benzene rings is 3. The van der Waals surface area contributed by atoms with Crippen LogP contribution in [0, 0.1) is 12.7 Å². The Morgan fingerprint density at radius 2 is 1.62 bits per heavy atom. The molecule has 178 valence electrons. The van der Waals surface area contributed by atoms with Crippen molar-refractivity contribution in [2.24, 2.45) is 0 Å². The number of carbonyl (C=O) groups is 1. The number of hydrogen-bond donors (Lipinski definition) is 0. The summed E-state index contributed by atoms with van der Waals surface area (Å²) in [6.45, 7) is 4.22. The van der Waals surface area contributed by atoms with E-state index in [9.17, 15) is 17.6 Å². The molecule has 0 aromatic heterocycles. The van der Waals surface area contributed by atoms with Crippen LogP contribution in [0.4, 0.5) is 15.8 Å². The van der Waals surface area contributed by atoms with Gasteiger partial charge in [-0.2, -0.15) is 0 Å². The maximum absolute atomic E-state index is 14.1. The number of aryl methyl sites for hydroxylation is 1. The number of hydrogen-bond acceptors (Lipinski definition) is 4. The highest BCUT2D eigenvalue weighted by Gasteiger charge is 2.24. The lowest BCUT2D eigenvalue weighted by Gasteiger charge is -2.36. The number of sulfonamides is 1. The van der Waals surface area contributed by atoms with E-state index >= 15 is 0 Å². The van der Waals surface area contributed by atoms with Crippen LogP contribution in [-0.4, -0.2) is 51.7 Å². The van der Waals surface area contributed by atoms with Crippen LogP contribution in [0.1, 0.15) is 21.5 Å². The van der Waals surface area contributed by atoms with E-state index in [1.165, 1.54) is 16.6 Å². The van der Waals surface area contributed by atoms with Crippen molar-refractivity contribution in [3.05, 3.63) is 95.3 Å². The highest BCUT2D eigenvalue weighted by Crippen LogP contribution is 2.23. The number of amides is 1. The summed E-state index contributed by atoms with van der Waals surface area (Å²) in [5.41, 5.74) is 3.47. The Morgan fingerprint density at radius 3 is 2.24 bits per heavy atom. The van der Waals surface area contributed by atoms with Crippen LogP contribution in [0.3, 0.4) is 0 Å². The molecule has 0 bridgehead atoms. The van der Waals surface area contributed by atoms with Crippen LogP contribution in [0.2, 0.25) is 0 Å². The quantitative estimate of drug-likeness (QED) is 0.533. The van der Waals surface area contributed by atoms with Crippen molar-refractivity contribution in [1.29, 1.82) is 0 Å². The van der Waals surface area contributed by atoms with E-state index in [4.69, 9.17) is 0 Å². The summed E-state index contributed by atoms with van der Waals surface area (Å²) in [6.07, 6.45) is 1.19. The van der Waals surface area contributed by atoms with Gasteiger partial charge in [-0.25, -0.2) is 12.8 Å². The van der Waals surface area contributed by atoms with Crippen LogP contribution in [0.15, 0.2) is 72.8 Å². The first-order chi connectivity index (χ1) is 16.2. The highest BCUT2D eigenvalue weighted by atomic mass is 32.2. The Hall–Kier alpha value is -3.39. The molecule has 6 nitrogen and oxygen atoms in total. The molecule has 3 aromatic rings. The largest absolute Gasteiger partial charge is 0.366 e. The molecule has 4 rings (SSSR count). The Balaban J connectivity index is 1.42. The van der Waals surface area contributed by atoms with Gasteiger partial charge in [-0.1, -0.05) is 36.4 Å². The minimum atomic E-state index is -3.48. The summed E-state index contributed by atoms with van der Waals surface area (Å²) in [6, 6.07) is 21.1. The summed E-state index contributed by atoms with van der Waals surface area (Å²) in [5.74, 6) is -0.343. The van der Waals surface area contributed by atoms with Crippen LogP contribution in [0.25, 0.3) is 0 Å². The molecule has 1 fully saturated rings. The van der Waals surface area contributed by atoms with E-state index in [-0.39, 0.29) is 18.3 Å². The molecule has 1 saturated heterocycles. The van der Waals surface area contributed by atoms with Crippen molar-refractivity contribution in [1.82, 2.24) is 4.90 Å². The van der Waals surface area contributed by atoms with Crippen molar-refractivity contribution < 1.29 is 17.6 Å². The number of para-hydroxylation sites is 1. The van der Waals surface area contributed by atoms with Crippen molar-refractivity contribution >= 4 is 27.3 Å². The molecule has 0 saturated carbocycles. The molecule has 1 aliphatic heterocycles. The first-order valence-corrected chi connectivity index (χ1v) is 13.0. The second kappa shape index (κ2) is 9.85. The number of piperazine rings is 1. The fraction of sp³-hybridized carbons (Fsp3) is 0.269. The van der Waals surface area contributed by atoms with Gasteiger partial charge >= 0.3 is 0 Å². The number of rotatable bonds is 6. The Bertz CT molecular complexity index is 1270. The molecule has 1 amide bonds. The zero-order valence-corrected chi connectivity index (χ0v) is 20.1. The zero-order valence-electron chi connectivity index (χ0n) is 19.3. The molecule has 0 atom stereocenters. The fourth-order valence-electron chi connectivity index (χ4n) is 4.14. The molecule has 34 heavy (non-hydrogen) atoms. The van der Waals surface area contributed by atoms with Gasteiger partial charge in [-0.3, -0.25) is 9.10 Å². The van der Waals surface area contributed by atoms with Gasteiger partial charge in [0.1, 0.15) is 5.82 Å². The number of nitrogens with zero attached hydrogens (tertiary/aromatic N) is 3. The Labute approximate surface area is 200 Å². The lowest BCUT2D eigenvalue weighted by molar-refractivity contribution is 0.0746. The second-order valence-corrected chi connectivity index (χ2v) is 10.4. The minimum absolute atomic E-state index is 0.0848. The number of anilines is 2. The van der Waals surface area contributed by atoms with Gasteiger partial charge in [0.05, 0.1) is 24.2 Å². The lowest BCUT2D eigenvalue weighted by Crippen LogP contribution is -2.49. The molecule has 8 heteroatoms. The lowest BCUT2D eigenvalue weighted by atomic mass is 10.1. The third-order valence-electron chi connectivity index (χ3n) is 5.98. The van der Waals surface area contributed by atoms with Crippen LogP contribution < -0.4 is 9.21 Å². The summed E-state index contributed by atoms with van der Waals surface area (Å²) in [4.78, 5) is 16.7. The van der Waals surface area contributed by atoms with Gasteiger partial charge in [-0.05, 0) is 54.4 Å². The molecule has 0 aliphatic carbocycles. The Morgan fingerprint density at radius 1 is 0.941 bits per heavy atom. The van der Waals surface area contributed by atoms with E-state index < -0.39 is 10.0 Å². The third kappa shape index (κ3) is 5.39. The predicted octanol–water partition coefficient (Wildman–Crippen LogP) is 4.06. The van der Waals surface area contributed by atoms with Crippen LogP contribution in [-0.2, 0) is 16.6 Å². The van der Waals surface area contributed by atoms with Gasteiger partial charge in [0.15, 0.2) is 0 Å². The monoisotopic (exact) mass is 481 g/mol. The normalized spacial score (nSPS) is 14.2. The molecule has 0 spiro atoms. The average molecular weight is 482 g/mol. The van der Waals surface area contributed by atoms with Crippen molar-refractivity contribution in [2.45, 2.75) is 13.5 Å². The molecular formula is C26H28FN3O3S. The fourth-order valence-corrected chi connectivity index (χ4v) is 5.02. The molecule has 0 N–H and O–H groups in total. The number of carbonyl (C=O) groups excluding carboxylic acids is 1. The summed E-state index contributed by atoms with van der Waals surface area (Å²) < 4.78 is 40.3. The maximum atomic E-state index is 14.1. The van der Waals surface area contributed by atoms with E-state index in [0.29, 0.717) is 43.1 Å². The SMILES string of the molecule is Cc1cccc(N(Cc2ccc(C(=O)N3CCN(c4ccccc4F)CC3)cc2)S(C)(=O)=O)c1. The predicted molar refractivity (Wildman–Crippen MR) is 133 cm³/mol. The molecule has 1 aliphatic rings. The topological polar surface area (TPSA) is 60.9 Å². The van der Waals surface area contributed by atoms with Crippen LogP contribution >= 0.6 is 0 Å². The van der Waals surface area contributed by atoms with Gasteiger partial charge < -0.3 is 9.80 Å². The smallest absolute Gasteiger partial charge is 0.253 e. The zero-order chi connectivity index (χ0) is 24.3. The highest BCUT2D eigenvalue weighted by molar-refractivity contribution is 7.92. The van der Waals surface area contributed by atoms with Crippen molar-refractivity contribution in [2.75, 3.05) is 41.6 Å². The Kier molecular flexibility index (Phi) is 6.88. The van der Waals surface area contributed by atoms with Crippen molar-refractivity contribution in [3.8, 4) is 0 Å². The van der Waals surface area contributed by atoms with Gasteiger partial charge in [0, 0.05) is 31.7 Å². The summed E-state index contributed by atoms with van der Waals surface area (Å²) in [5, 5.41) is 0. The molecule has 1 heterocycles. The van der Waals surface area contributed by atoms with E-state index in [2.05, 4.69) is 0 Å². The molecular weight excluding hydrogens is 453 g/mol. The maximum Gasteiger partial charge on any atom is 0.253 e. The first kappa shape index (κ1) is 23.8. The summed E-state index contributed by atoms with van der Waals surface area (Å²) in [7, 11) is -3.48. The van der Waals surface area contributed by atoms with Gasteiger partial charge in [0.2, 0.25) is 10.0 Å². The number of halogens is 1. The molecule has 0 radical (unpaired) electrons. The van der Waals surface area contributed by atoms with E-state index in [0.717, 1.165) is 11.1 Å². The third-order valence-corrected chi connectivity index (χ3v) is 7.12. The van der Waals surface area contributed by atoms with Gasteiger partial charge in [0.25, 0.3) is 5.91 Å². The molecule has 0 unspecified atom stereocenters. The standard InChI is InChI=1S/C26H28FN3O3S/c1-20-6-5-7-23(18-20)30(34(2,32)33)19-21-10-12-22(13-11-21)26(31)29-16-14-28(15-17-29)25-9-4-3-8-24(25)27/h3-13,18H,14-17,19H2,1-2H3. The average Bonchev–Trinajstić information content (AvgIpc) is 2.82. The second-order valence-electron chi connectivity index (χ2n) is 8.54. The van der Waals surface area contributed by atoms with E-state index in [1.807, 2.05) is 30.0 Å². The van der Waals surface area contributed by atoms with E-state index in [1.54, 1.807) is 53.4 Å². The van der Waals surface area contributed by atoms with Crippen LogP contribution in [0.5, 0.6) is 0 Å². The summed E-state index contributed by atoms with van der Waals surface area (Å²) >= 11 is 0. The van der Waals surface area contributed by atoms with Gasteiger partial charge in [-0.15, -0.1) is 0 Å². The first-order valence-electron chi connectivity index (χ1n) is 11.1. The molecule has 3 aromatic carbocycles. The minimum Gasteiger partial charge on any atom is -0.366 e.